The molecule has 1 aliphatic rings. The van der Waals surface area contributed by atoms with Crippen LogP contribution in [-0.4, -0.2) is 10.8 Å². The predicted molar refractivity (Wildman–Crippen MR) is 80.2 cm³/mol. The van der Waals surface area contributed by atoms with E-state index in [1.54, 1.807) is 0 Å². The number of hydrogen-bond acceptors (Lipinski definition) is 1. The third-order valence-electron chi connectivity index (χ3n) is 4.19. The van der Waals surface area contributed by atoms with Gasteiger partial charge in [0.25, 0.3) is 0 Å². The van der Waals surface area contributed by atoms with Gasteiger partial charge in [0.05, 0.1) is 0 Å². The summed E-state index contributed by atoms with van der Waals surface area (Å²) in [6, 6.07) is 14.1. The molecular weight excluding hydrogens is 246 g/mol. The minimum Gasteiger partial charge on any atom is -0.360 e. The Labute approximate surface area is 117 Å². The van der Waals surface area contributed by atoms with Gasteiger partial charge in [0.2, 0.25) is 0 Å². The molecule has 2 nitrogen and oxygen atoms in total. The second-order valence-corrected chi connectivity index (χ2v) is 5.41. The van der Waals surface area contributed by atoms with Crippen LogP contribution in [0.5, 0.6) is 0 Å². The van der Waals surface area contributed by atoms with Crippen LogP contribution in [0.4, 0.5) is 0 Å². The lowest BCUT2D eigenvalue weighted by atomic mass is 9.99. The largest absolute Gasteiger partial charge is 0.360 e. The minimum absolute atomic E-state index is 0.108. The molecule has 2 aromatic carbocycles. The molecule has 1 aromatic heterocycles. The highest BCUT2D eigenvalue weighted by Gasteiger charge is 2.17. The molecule has 0 bridgehead atoms. The van der Waals surface area contributed by atoms with E-state index in [-0.39, 0.29) is 5.78 Å². The molecule has 0 spiro atoms. The molecule has 0 atom stereocenters. The van der Waals surface area contributed by atoms with Crippen molar-refractivity contribution in [2.75, 3.05) is 0 Å². The van der Waals surface area contributed by atoms with E-state index in [1.807, 2.05) is 36.5 Å². The number of carbonyl (C=O) groups excluding carboxylic acids is 1. The molecular formula is C18H15NO. The van der Waals surface area contributed by atoms with Gasteiger partial charge >= 0.3 is 0 Å². The molecule has 0 fully saturated rings. The number of hydrogen-bond donors (Lipinski definition) is 1. The first-order valence-corrected chi connectivity index (χ1v) is 7.05. The fourth-order valence-corrected chi connectivity index (χ4v) is 3.13. The van der Waals surface area contributed by atoms with E-state index in [0.29, 0.717) is 0 Å². The topological polar surface area (TPSA) is 32.9 Å². The van der Waals surface area contributed by atoms with Crippen molar-refractivity contribution in [2.45, 2.75) is 19.3 Å². The predicted octanol–water partition coefficient (Wildman–Crippen LogP) is 3.89. The van der Waals surface area contributed by atoms with Crippen LogP contribution in [0.1, 0.15) is 33.5 Å². The third kappa shape index (κ3) is 1.68. The lowest BCUT2D eigenvalue weighted by Gasteiger charge is -2.04. The van der Waals surface area contributed by atoms with Crippen LogP contribution >= 0.6 is 0 Å². The van der Waals surface area contributed by atoms with Gasteiger partial charge < -0.3 is 4.98 Å². The maximum Gasteiger partial charge on any atom is 0.195 e. The van der Waals surface area contributed by atoms with Crippen LogP contribution in [-0.2, 0) is 12.8 Å². The number of fused-ring (bicyclic) bond motifs is 2. The lowest BCUT2D eigenvalue weighted by Crippen LogP contribution is -2.01. The Balaban J connectivity index is 1.80. The van der Waals surface area contributed by atoms with E-state index in [1.165, 1.54) is 17.5 Å². The zero-order valence-corrected chi connectivity index (χ0v) is 11.1. The van der Waals surface area contributed by atoms with E-state index < -0.39 is 0 Å². The Kier molecular flexibility index (Phi) is 2.49. The van der Waals surface area contributed by atoms with Crippen LogP contribution in [0.15, 0.2) is 48.7 Å². The van der Waals surface area contributed by atoms with Crippen LogP contribution in [0.2, 0.25) is 0 Å². The Morgan fingerprint density at radius 1 is 1.00 bits per heavy atom. The number of carbonyl (C=O) groups is 1. The summed E-state index contributed by atoms with van der Waals surface area (Å²) in [5.74, 6) is 0.108. The average molecular weight is 261 g/mol. The number of aromatic nitrogens is 1. The number of aromatic amines is 1. The van der Waals surface area contributed by atoms with Crippen LogP contribution in [0.25, 0.3) is 10.9 Å². The Bertz CT molecular complexity index is 813. The number of benzene rings is 2. The lowest BCUT2D eigenvalue weighted by molar-refractivity contribution is 0.104. The SMILES string of the molecule is O=C(c1ccc2c(c1)CCC2)c1c[nH]c2ccccc12. The molecule has 3 aromatic rings. The van der Waals surface area contributed by atoms with Gasteiger partial charge in [0.1, 0.15) is 0 Å². The van der Waals surface area contributed by atoms with Crippen molar-refractivity contribution in [3.8, 4) is 0 Å². The Hall–Kier alpha value is -2.35. The minimum atomic E-state index is 0.108. The van der Waals surface area contributed by atoms with Gasteiger partial charge in [-0.05, 0) is 42.5 Å². The summed E-state index contributed by atoms with van der Waals surface area (Å²) in [5, 5.41) is 0.998. The molecule has 0 aliphatic heterocycles. The van der Waals surface area contributed by atoms with Crippen LogP contribution in [0, 0.1) is 0 Å². The number of nitrogens with one attached hydrogen (secondary N) is 1. The van der Waals surface area contributed by atoms with Gasteiger partial charge in [0.15, 0.2) is 5.78 Å². The molecule has 1 N–H and O–H groups in total. The maximum absolute atomic E-state index is 12.7. The normalized spacial score (nSPS) is 13.6. The van der Waals surface area contributed by atoms with Crippen molar-refractivity contribution in [2.24, 2.45) is 0 Å². The van der Waals surface area contributed by atoms with Crippen molar-refractivity contribution in [3.63, 3.8) is 0 Å². The van der Waals surface area contributed by atoms with Crippen molar-refractivity contribution in [1.29, 1.82) is 0 Å². The van der Waals surface area contributed by atoms with Crippen molar-refractivity contribution in [1.82, 2.24) is 4.98 Å². The summed E-state index contributed by atoms with van der Waals surface area (Å²) in [4.78, 5) is 15.9. The van der Waals surface area contributed by atoms with Crippen LogP contribution < -0.4 is 0 Å². The fraction of sp³-hybridized carbons (Fsp3) is 0.167. The molecule has 1 heterocycles. The molecule has 0 radical (unpaired) electrons. The van der Waals surface area contributed by atoms with Crippen molar-refractivity contribution in [3.05, 3.63) is 70.9 Å². The number of rotatable bonds is 2. The zero-order valence-electron chi connectivity index (χ0n) is 11.1. The summed E-state index contributed by atoms with van der Waals surface area (Å²) in [6.07, 6.45) is 5.28. The quantitative estimate of drug-likeness (QED) is 0.697. The molecule has 98 valence electrons. The molecule has 0 unspecified atom stereocenters. The smallest absolute Gasteiger partial charge is 0.195 e. The van der Waals surface area contributed by atoms with E-state index in [4.69, 9.17) is 0 Å². The molecule has 0 saturated heterocycles. The molecule has 0 saturated carbocycles. The van der Waals surface area contributed by atoms with E-state index in [0.717, 1.165) is 34.9 Å². The summed E-state index contributed by atoms with van der Waals surface area (Å²) >= 11 is 0. The van der Waals surface area contributed by atoms with E-state index in [2.05, 4.69) is 17.1 Å². The Morgan fingerprint density at radius 3 is 2.80 bits per heavy atom. The van der Waals surface area contributed by atoms with E-state index >= 15 is 0 Å². The second kappa shape index (κ2) is 4.34. The first kappa shape index (κ1) is 11.5. The van der Waals surface area contributed by atoms with Gasteiger partial charge in [-0.25, -0.2) is 0 Å². The molecule has 4 rings (SSSR count). The van der Waals surface area contributed by atoms with Crippen molar-refractivity contribution >= 4 is 16.7 Å². The number of para-hydroxylation sites is 1. The molecule has 1 aliphatic carbocycles. The first-order chi connectivity index (χ1) is 9.83. The number of ketones is 1. The fourth-order valence-electron chi connectivity index (χ4n) is 3.13. The molecule has 2 heteroatoms. The van der Waals surface area contributed by atoms with Crippen LogP contribution in [0.3, 0.4) is 0 Å². The zero-order chi connectivity index (χ0) is 13.5. The third-order valence-corrected chi connectivity index (χ3v) is 4.19. The standard InChI is InChI=1S/C18H15NO/c20-18(14-9-8-12-4-3-5-13(12)10-14)16-11-19-17-7-2-1-6-15(16)17/h1-2,6-11,19H,3-5H2. The summed E-state index contributed by atoms with van der Waals surface area (Å²) in [7, 11) is 0. The highest BCUT2D eigenvalue weighted by molar-refractivity contribution is 6.16. The number of H-pyrrole nitrogens is 1. The maximum atomic E-state index is 12.7. The summed E-state index contributed by atoms with van der Waals surface area (Å²) in [5.41, 5.74) is 5.32. The second-order valence-electron chi connectivity index (χ2n) is 5.41. The highest BCUT2D eigenvalue weighted by Crippen LogP contribution is 2.26. The monoisotopic (exact) mass is 261 g/mol. The molecule has 20 heavy (non-hydrogen) atoms. The van der Waals surface area contributed by atoms with Crippen molar-refractivity contribution < 1.29 is 4.79 Å². The summed E-state index contributed by atoms with van der Waals surface area (Å²) in [6.45, 7) is 0. The van der Waals surface area contributed by atoms with Gasteiger partial charge in [-0.2, -0.15) is 0 Å². The highest BCUT2D eigenvalue weighted by atomic mass is 16.1. The van der Waals surface area contributed by atoms with Gasteiger partial charge in [-0.1, -0.05) is 30.3 Å². The Morgan fingerprint density at radius 2 is 1.85 bits per heavy atom. The van der Waals surface area contributed by atoms with E-state index in [9.17, 15) is 4.79 Å². The van der Waals surface area contributed by atoms with Gasteiger partial charge in [0, 0.05) is 28.2 Å². The molecule has 0 amide bonds. The number of aryl methyl sites for hydroxylation is 2. The van der Waals surface area contributed by atoms with Gasteiger partial charge in [-0.3, -0.25) is 4.79 Å². The van der Waals surface area contributed by atoms with Gasteiger partial charge in [-0.15, -0.1) is 0 Å². The average Bonchev–Trinajstić information content (AvgIpc) is 3.12. The summed E-state index contributed by atoms with van der Waals surface area (Å²) < 4.78 is 0. The first-order valence-electron chi connectivity index (χ1n) is 7.05.